The molecule has 0 fully saturated rings. The number of aliphatic hydroxyl groups excluding tert-OH is 5. The summed E-state index contributed by atoms with van der Waals surface area (Å²) >= 11 is 0. The van der Waals surface area contributed by atoms with Crippen molar-refractivity contribution in [2.75, 3.05) is 13.2 Å². The lowest BCUT2D eigenvalue weighted by Crippen LogP contribution is -2.71. The third kappa shape index (κ3) is 3.02. The number of rotatable bonds is 5. The summed E-state index contributed by atoms with van der Waals surface area (Å²) in [6, 6.07) is -0.777. The Morgan fingerprint density at radius 1 is 0.917 bits per heavy atom. The molecule has 6 heteroatoms. The first kappa shape index (κ1) is 11.8. The summed E-state index contributed by atoms with van der Waals surface area (Å²) in [4.78, 5) is 0. The van der Waals surface area contributed by atoms with Crippen LogP contribution in [-0.4, -0.2) is 63.1 Å². The summed E-state index contributed by atoms with van der Waals surface area (Å²) in [5.74, 6) is 0. The molecule has 0 aliphatic carbocycles. The fourth-order valence-corrected chi connectivity index (χ4v) is 0.722. The molecule has 4 atom stereocenters. The molecule has 0 aliphatic rings. The Morgan fingerprint density at radius 2 is 1.42 bits per heavy atom. The van der Waals surface area contributed by atoms with Gasteiger partial charge < -0.3 is 31.3 Å². The molecule has 0 radical (unpaired) electrons. The van der Waals surface area contributed by atoms with Crippen LogP contribution in [0.5, 0.6) is 0 Å². The highest BCUT2D eigenvalue weighted by Crippen LogP contribution is 2.01. The van der Waals surface area contributed by atoms with Gasteiger partial charge in [-0.1, -0.05) is 0 Å². The van der Waals surface area contributed by atoms with E-state index in [2.05, 4.69) is 5.73 Å². The molecule has 0 aromatic heterocycles. The van der Waals surface area contributed by atoms with Crippen molar-refractivity contribution in [3.63, 3.8) is 0 Å². The minimum absolute atomic E-state index is 0.392. The molecule has 0 heterocycles. The van der Waals surface area contributed by atoms with Crippen molar-refractivity contribution >= 4 is 0 Å². The smallest absolute Gasteiger partial charge is 0.137 e. The van der Waals surface area contributed by atoms with Gasteiger partial charge in [0.2, 0.25) is 0 Å². The Bertz CT molecular complexity index is 109. The maximum Gasteiger partial charge on any atom is 0.137 e. The third-order valence-corrected chi connectivity index (χ3v) is 1.65. The Kier molecular flexibility index (Phi) is 5.31. The van der Waals surface area contributed by atoms with Gasteiger partial charge in [-0.15, -0.1) is 0 Å². The molecular weight excluding hydrogens is 166 g/mol. The summed E-state index contributed by atoms with van der Waals surface area (Å²) in [6.07, 6.45) is -4.22. The van der Waals surface area contributed by atoms with Crippen LogP contribution in [-0.2, 0) is 0 Å². The molecule has 12 heavy (non-hydrogen) atoms. The summed E-state index contributed by atoms with van der Waals surface area (Å²) in [5, 5.41) is 44.0. The minimum Gasteiger partial charge on any atom is -0.394 e. The molecule has 0 bridgehead atoms. The number of hydrogen-bond donors (Lipinski definition) is 6. The predicted octanol–water partition coefficient (Wildman–Crippen LogP) is -4.34. The van der Waals surface area contributed by atoms with Crippen molar-refractivity contribution < 1.29 is 31.3 Å². The molecule has 0 saturated carbocycles. The highest BCUT2D eigenvalue weighted by atomic mass is 16.4. The van der Waals surface area contributed by atoms with Gasteiger partial charge in [0.1, 0.15) is 24.4 Å². The van der Waals surface area contributed by atoms with Crippen molar-refractivity contribution in [3.8, 4) is 0 Å². The summed E-state index contributed by atoms with van der Waals surface area (Å²) in [5.41, 5.74) is 3.34. The molecule has 6 nitrogen and oxygen atoms in total. The standard InChI is InChI=1S/C6H15NO5/c7-3(1-8)5(11)6(12)4(10)2-9/h3-6,8-12H,1-2,7H2/p+1/t3-,4-,5-,6-/m1/s1. The van der Waals surface area contributed by atoms with Crippen molar-refractivity contribution in [3.05, 3.63) is 0 Å². The summed E-state index contributed by atoms with van der Waals surface area (Å²) in [7, 11) is 0. The van der Waals surface area contributed by atoms with Crippen LogP contribution in [0.15, 0.2) is 0 Å². The zero-order chi connectivity index (χ0) is 9.72. The van der Waals surface area contributed by atoms with Gasteiger partial charge in [0.05, 0.1) is 13.2 Å². The monoisotopic (exact) mass is 182 g/mol. The van der Waals surface area contributed by atoms with Gasteiger partial charge in [0.25, 0.3) is 0 Å². The van der Waals surface area contributed by atoms with Gasteiger partial charge in [-0.05, 0) is 0 Å². The molecule has 0 saturated heterocycles. The Hall–Kier alpha value is -0.240. The van der Waals surface area contributed by atoms with E-state index in [1.807, 2.05) is 0 Å². The second-order valence-corrected chi connectivity index (χ2v) is 2.67. The van der Waals surface area contributed by atoms with Gasteiger partial charge in [-0.2, -0.15) is 0 Å². The van der Waals surface area contributed by atoms with E-state index in [4.69, 9.17) is 25.5 Å². The second kappa shape index (κ2) is 5.41. The van der Waals surface area contributed by atoms with Crippen molar-refractivity contribution in [2.24, 2.45) is 0 Å². The van der Waals surface area contributed by atoms with Gasteiger partial charge in [-0.25, -0.2) is 0 Å². The van der Waals surface area contributed by atoms with Crippen molar-refractivity contribution in [1.82, 2.24) is 0 Å². The van der Waals surface area contributed by atoms with Crippen LogP contribution in [0.25, 0.3) is 0 Å². The molecule has 0 aromatic rings. The summed E-state index contributed by atoms with van der Waals surface area (Å²) < 4.78 is 0. The molecule has 0 spiro atoms. The van der Waals surface area contributed by atoms with Crippen LogP contribution >= 0.6 is 0 Å². The molecule has 0 aliphatic heterocycles. The van der Waals surface area contributed by atoms with E-state index in [-0.39, 0.29) is 0 Å². The quantitative estimate of drug-likeness (QED) is 0.256. The Labute approximate surface area is 69.9 Å². The molecule has 0 amide bonds. The van der Waals surface area contributed by atoms with E-state index >= 15 is 0 Å². The van der Waals surface area contributed by atoms with Crippen molar-refractivity contribution in [1.29, 1.82) is 0 Å². The van der Waals surface area contributed by atoms with Crippen molar-refractivity contribution in [2.45, 2.75) is 24.4 Å². The van der Waals surface area contributed by atoms with E-state index in [0.29, 0.717) is 0 Å². The highest BCUT2D eigenvalue weighted by Gasteiger charge is 2.30. The lowest BCUT2D eigenvalue weighted by molar-refractivity contribution is -0.448. The van der Waals surface area contributed by atoms with E-state index < -0.39 is 37.6 Å². The van der Waals surface area contributed by atoms with E-state index in [9.17, 15) is 0 Å². The molecule has 0 aromatic carbocycles. The average Bonchev–Trinajstić information content (AvgIpc) is 2.12. The SMILES string of the molecule is [NH3+][C@H](CO)[C@@H](O)[C@H](O)[C@H](O)CO. The van der Waals surface area contributed by atoms with Gasteiger partial charge in [0, 0.05) is 0 Å². The molecule has 0 unspecified atom stereocenters. The lowest BCUT2D eigenvalue weighted by Gasteiger charge is -2.22. The van der Waals surface area contributed by atoms with Crippen LogP contribution in [0.1, 0.15) is 0 Å². The first-order valence-electron chi connectivity index (χ1n) is 3.63. The third-order valence-electron chi connectivity index (χ3n) is 1.65. The van der Waals surface area contributed by atoms with Crippen LogP contribution in [0.2, 0.25) is 0 Å². The molecule has 8 N–H and O–H groups in total. The second-order valence-electron chi connectivity index (χ2n) is 2.67. The fourth-order valence-electron chi connectivity index (χ4n) is 0.722. The maximum atomic E-state index is 9.14. The molecule has 74 valence electrons. The zero-order valence-corrected chi connectivity index (χ0v) is 6.67. The number of hydrogen-bond acceptors (Lipinski definition) is 5. The van der Waals surface area contributed by atoms with Crippen LogP contribution in [0, 0.1) is 0 Å². The first-order chi connectivity index (χ1) is 5.54. The van der Waals surface area contributed by atoms with Gasteiger partial charge in [-0.3, -0.25) is 0 Å². The largest absolute Gasteiger partial charge is 0.394 e. The number of quaternary nitrogens is 1. The number of aliphatic hydroxyl groups is 5. The fraction of sp³-hybridized carbons (Fsp3) is 1.00. The zero-order valence-electron chi connectivity index (χ0n) is 6.67. The van der Waals surface area contributed by atoms with Gasteiger partial charge in [0.15, 0.2) is 0 Å². The topological polar surface area (TPSA) is 129 Å². The van der Waals surface area contributed by atoms with Crippen LogP contribution in [0.3, 0.4) is 0 Å². The molecular formula is C6H16NO5+. The average molecular weight is 182 g/mol. The molecule has 0 rings (SSSR count). The Balaban J connectivity index is 3.99. The van der Waals surface area contributed by atoms with E-state index in [1.165, 1.54) is 0 Å². The minimum atomic E-state index is -1.48. The lowest BCUT2D eigenvalue weighted by atomic mass is 10.0. The normalized spacial score (nSPS) is 21.5. The maximum absolute atomic E-state index is 9.14. The van der Waals surface area contributed by atoms with Gasteiger partial charge >= 0.3 is 0 Å². The first-order valence-corrected chi connectivity index (χ1v) is 3.63. The van der Waals surface area contributed by atoms with E-state index in [1.54, 1.807) is 0 Å². The van der Waals surface area contributed by atoms with E-state index in [0.717, 1.165) is 0 Å². The van der Waals surface area contributed by atoms with Crippen LogP contribution < -0.4 is 5.73 Å². The highest BCUT2D eigenvalue weighted by molar-refractivity contribution is 4.79. The Morgan fingerprint density at radius 3 is 1.75 bits per heavy atom. The van der Waals surface area contributed by atoms with Crippen LogP contribution in [0.4, 0.5) is 0 Å². The predicted molar refractivity (Wildman–Crippen MR) is 38.9 cm³/mol. The summed E-state index contributed by atoms with van der Waals surface area (Å²) in [6.45, 7) is -1.03.